The van der Waals surface area contributed by atoms with Gasteiger partial charge in [0.15, 0.2) is 0 Å². The molecule has 10 heteroatoms. The van der Waals surface area contributed by atoms with E-state index in [2.05, 4.69) is 23.1 Å². The second-order valence-corrected chi connectivity index (χ2v) is 16.8. The predicted molar refractivity (Wildman–Crippen MR) is 214 cm³/mol. The summed E-state index contributed by atoms with van der Waals surface area (Å²) in [5, 5.41) is 10.9. The molecule has 4 aliphatic heterocycles. The Kier molecular flexibility index (Phi) is 8.72. The van der Waals surface area contributed by atoms with Gasteiger partial charge in [-0.2, -0.15) is 0 Å². The van der Waals surface area contributed by atoms with Crippen LogP contribution in [0.3, 0.4) is 0 Å². The fraction of sp³-hybridized carbons (Fsp3) is 0.319. The van der Waals surface area contributed by atoms with Gasteiger partial charge in [0.2, 0.25) is 23.6 Å². The van der Waals surface area contributed by atoms with Crippen LogP contribution < -0.4 is 9.64 Å². The molecule has 4 fully saturated rings. The van der Waals surface area contributed by atoms with Crippen molar-refractivity contribution in [3.8, 4) is 11.5 Å². The molecule has 4 aromatic carbocycles. The summed E-state index contributed by atoms with van der Waals surface area (Å²) in [6.07, 6.45) is 6.14. The van der Waals surface area contributed by atoms with Crippen LogP contribution in [-0.2, 0) is 37.6 Å². The minimum absolute atomic E-state index is 0.0933. The van der Waals surface area contributed by atoms with Crippen LogP contribution in [-0.4, -0.2) is 57.7 Å². The van der Waals surface area contributed by atoms with Crippen molar-refractivity contribution in [1.82, 2.24) is 9.80 Å². The van der Waals surface area contributed by atoms with Crippen molar-refractivity contribution in [2.45, 2.75) is 50.1 Å². The van der Waals surface area contributed by atoms with Crippen molar-refractivity contribution in [2.75, 3.05) is 18.0 Å². The van der Waals surface area contributed by atoms with Gasteiger partial charge in [0.05, 0.1) is 35.1 Å². The van der Waals surface area contributed by atoms with Gasteiger partial charge in [0, 0.05) is 48.6 Å². The van der Waals surface area contributed by atoms with Crippen molar-refractivity contribution in [3.63, 3.8) is 0 Å². The van der Waals surface area contributed by atoms with Gasteiger partial charge in [-0.05, 0) is 84.7 Å². The molecule has 6 unspecified atom stereocenters. The summed E-state index contributed by atoms with van der Waals surface area (Å²) in [6, 6.07) is 31.4. The molecule has 0 spiro atoms. The zero-order valence-electron chi connectivity index (χ0n) is 31.3. The molecule has 288 valence electrons. The Hall–Kier alpha value is -5.51. The molecule has 0 bridgehead atoms. The first kappa shape index (κ1) is 35.9. The van der Waals surface area contributed by atoms with Crippen LogP contribution in [0.15, 0.2) is 127 Å². The fourth-order valence-electron chi connectivity index (χ4n) is 11.1. The summed E-state index contributed by atoms with van der Waals surface area (Å²) in [4.78, 5) is 65.2. The van der Waals surface area contributed by atoms with Crippen LogP contribution >= 0.6 is 11.6 Å². The molecule has 4 heterocycles. The molecule has 9 nitrogen and oxygen atoms in total. The molecule has 0 radical (unpaired) electrons. The molecule has 6 aliphatic rings. The third-order valence-electron chi connectivity index (χ3n) is 13.5. The number of aromatic hydroxyl groups is 1. The number of allylic oxidation sites excluding steroid dienone is 3. The van der Waals surface area contributed by atoms with Gasteiger partial charge in [-0.15, -0.1) is 0 Å². The summed E-state index contributed by atoms with van der Waals surface area (Å²) in [6.45, 7) is 2.39. The first-order chi connectivity index (χ1) is 27.7. The molecule has 6 atom stereocenters. The minimum atomic E-state index is -1.39. The van der Waals surface area contributed by atoms with E-state index in [1.54, 1.807) is 53.6 Å². The number of rotatable bonds is 6. The smallest absolute Gasteiger partial charge is 0.246 e. The Balaban J connectivity index is 1.06. The van der Waals surface area contributed by atoms with E-state index in [0.717, 1.165) is 36.3 Å². The highest BCUT2D eigenvalue weighted by Gasteiger charge is 2.70. The van der Waals surface area contributed by atoms with E-state index >= 15 is 9.59 Å². The zero-order valence-corrected chi connectivity index (χ0v) is 32.1. The third-order valence-corrected chi connectivity index (χ3v) is 13.8. The lowest BCUT2D eigenvalue weighted by molar-refractivity contribution is -0.144. The molecular weight excluding hydrogens is 738 g/mol. The number of halogens is 1. The first-order valence-electron chi connectivity index (χ1n) is 19.9. The summed E-state index contributed by atoms with van der Waals surface area (Å²) in [5.74, 6) is -3.51. The molecule has 2 aliphatic carbocycles. The number of phenolic OH excluding ortho intramolecular Hbond substituents is 1. The van der Waals surface area contributed by atoms with E-state index in [1.165, 1.54) is 10.5 Å². The summed E-state index contributed by atoms with van der Waals surface area (Å²) in [5.41, 5.74) is 3.34. The lowest BCUT2D eigenvalue weighted by Gasteiger charge is -2.51. The average Bonchev–Trinajstić information content (AvgIpc) is 3.62. The number of benzene rings is 4. The first-order valence-corrected chi connectivity index (χ1v) is 20.3. The van der Waals surface area contributed by atoms with E-state index in [0.29, 0.717) is 47.7 Å². The number of anilines is 1. The van der Waals surface area contributed by atoms with Crippen LogP contribution in [0.1, 0.15) is 42.4 Å². The predicted octanol–water partition coefficient (Wildman–Crippen LogP) is 7.22. The highest BCUT2D eigenvalue weighted by molar-refractivity contribution is 6.32. The largest absolute Gasteiger partial charge is 0.508 e. The lowest BCUT2D eigenvalue weighted by atomic mass is 9.48. The number of imide groups is 2. The van der Waals surface area contributed by atoms with Crippen molar-refractivity contribution in [1.29, 1.82) is 0 Å². The summed E-state index contributed by atoms with van der Waals surface area (Å²) in [7, 11) is 0. The standard InChI is InChI=1S/C47H42ClN3O6/c48-32-12-7-13-34(24-32)51-44(54)39-25-38-36(15-16-37-41(38)45(55)50(43(37)53)33-18-20-49(21-19-33)26-28-8-3-1-4-9-28)42(47(39,46(51)56)31-10-5-2-6-11-31)30-22-29-23-35(52)14-17-40(29)57-27-30/h1-15,17,23-24,27,33,37-39,41-42,52H,16,18-22,25-26H2. The van der Waals surface area contributed by atoms with E-state index in [4.69, 9.17) is 16.3 Å². The highest BCUT2D eigenvalue weighted by Crippen LogP contribution is 2.64. The molecule has 10 rings (SSSR count). The second-order valence-electron chi connectivity index (χ2n) is 16.4. The Morgan fingerprint density at radius 3 is 2.32 bits per heavy atom. The number of hydrogen-bond acceptors (Lipinski definition) is 7. The number of ether oxygens (including phenoxy) is 1. The van der Waals surface area contributed by atoms with E-state index in [1.807, 2.05) is 48.5 Å². The maximum atomic E-state index is 15.5. The Morgan fingerprint density at radius 1 is 0.807 bits per heavy atom. The normalized spacial score (nSPS) is 28.6. The van der Waals surface area contributed by atoms with Crippen molar-refractivity contribution < 1.29 is 29.0 Å². The molecule has 1 saturated carbocycles. The van der Waals surface area contributed by atoms with Gasteiger partial charge in [0.25, 0.3) is 0 Å². The van der Waals surface area contributed by atoms with Gasteiger partial charge >= 0.3 is 0 Å². The molecule has 57 heavy (non-hydrogen) atoms. The lowest BCUT2D eigenvalue weighted by Crippen LogP contribution is -2.55. The highest BCUT2D eigenvalue weighted by atomic mass is 35.5. The topological polar surface area (TPSA) is 107 Å². The van der Waals surface area contributed by atoms with Gasteiger partial charge in [-0.25, -0.2) is 4.90 Å². The van der Waals surface area contributed by atoms with Gasteiger partial charge < -0.3 is 9.84 Å². The number of amides is 4. The SMILES string of the molecule is O=C1C2CC3C(=CCC4C(=O)N(C5CCN(Cc6ccccc6)CC5)C(=O)C43)C(C3=COc4ccc(O)cc4C3)C2(c2ccccc2)C(=O)N1c1cccc(Cl)c1. The molecule has 0 aromatic heterocycles. The van der Waals surface area contributed by atoms with Crippen LogP contribution in [0.25, 0.3) is 0 Å². The number of phenols is 1. The number of carbonyl (C=O) groups is 4. The van der Waals surface area contributed by atoms with Crippen LogP contribution in [0.2, 0.25) is 5.02 Å². The number of hydrogen-bond donors (Lipinski definition) is 1. The number of piperidine rings is 1. The number of nitrogens with zero attached hydrogens (tertiary/aromatic N) is 3. The van der Waals surface area contributed by atoms with Crippen molar-refractivity contribution in [3.05, 3.63) is 148 Å². The molecular formula is C47H42ClN3O6. The van der Waals surface area contributed by atoms with Gasteiger partial charge in [0.1, 0.15) is 11.5 Å². The quantitative estimate of drug-likeness (QED) is 0.163. The van der Waals surface area contributed by atoms with Crippen molar-refractivity contribution in [2.24, 2.45) is 29.6 Å². The van der Waals surface area contributed by atoms with Gasteiger partial charge in [-0.1, -0.05) is 90.0 Å². The monoisotopic (exact) mass is 779 g/mol. The Bertz CT molecular complexity index is 2370. The fourth-order valence-corrected chi connectivity index (χ4v) is 11.3. The Morgan fingerprint density at radius 2 is 1.56 bits per heavy atom. The molecule has 1 N–H and O–H groups in total. The maximum absolute atomic E-state index is 15.5. The average molecular weight is 780 g/mol. The van der Waals surface area contributed by atoms with E-state index in [-0.39, 0.29) is 41.8 Å². The Labute approximate surface area is 336 Å². The van der Waals surface area contributed by atoms with Crippen molar-refractivity contribution >= 4 is 40.9 Å². The third kappa shape index (κ3) is 5.61. The van der Waals surface area contributed by atoms with Crippen LogP contribution in [0, 0.1) is 29.6 Å². The second kappa shape index (κ2) is 13.9. The van der Waals surface area contributed by atoms with E-state index in [9.17, 15) is 14.7 Å². The maximum Gasteiger partial charge on any atom is 0.246 e. The summed E-state index contributed by atoms with van der Waals surface area (Å²) < 4.78 is 6.25. The zero-order chi connectivity index (χ0) is 39.0. The van der Waals surface area contributed by atoms with Crippen LogP contribution in [0.4, 0.5) is 5.69 Å². The number of likely N-dealkylation sites (tertiary alicyclic amines) is 2. The summed E-state index contributed by atoms with van der Waals surface area (Å²) >= 11 is 6.47. The molecule has 4 aromatic rings. The number of fused-ring (bicyclic) bond motifs is 5. The minimum Gasteiger partial charge on any atom is -0.508 e. The molecule has 3 saturated heterocycles. The number of carbonyl (C=O) groups excluding carboxylic acids is 4. The molecule has 4 amide bonds. The van der Waals surface area contributed by atoms with Crippen LogP contribution in [0.5, 0.6) is 11.5 Å². The van der Waals surface area contributed by atoms with E-state index < -0.39 is 35.0 Å². The van der Waals surface area contributed by atoms with Gasteiger partial charge in [-0.3, -0.25) is 29.0 Å².